The molecule has 4 heteroatoms. The maximum absolute atomic E-state index is 12.2. The van der Waals surface area contributed by atoms with Crippen LogP contribution < -0.4 is 4.74 Å². The number of aryl methyl sites for hydroxylation is 1. The number of hydrogen-bond donors (Lipinski definition) is 2. The van der Waals surface area contributed by atoms with Gasteiger partial charge >= 0.3 is 5.97 Å². The first kappa shape index (κ1) is 24.5. The molecule has 0 saturated carbocycles. The van der Waals surface area contributed by atoms with E-state index >= 15 is 0 Å². The number of benzene rings is 5. The van der Waals surface area contributed by atoms with Gasteiger partial charge in [0, 0.05) is 22.7 Å². The predicted molar refractivity (Wildman–Crippen MR) is 158 cm³/mol. The van der Waals surface area contributed by atoms with Gasteiger partial charge in [-0.2, -0.15) is 0 Å². The van der Waals surface area contributed by atoms with Crippen molar-refractivity contribution in [3.8, 4) is 16.9 Å². The van der Waals surface area contributed by atoms with Crippen molar-refractivity contribution in [1.82, 2.24) is 4.98 Å². The molecule has 0 bridgehead atoms. The Kier molecular flexibility index (Phi) is 6.84. The minimum Gasteiger partial charge on any atom is -0.493 e. The van der Waals surface area contributed by atoms with Gasteiger partial charge in [-0.05, 0) is 52.1 Å². The lowest BCUT2D eigenvalue weighted by Crippen LogP contribution is -2.04. The number of aromatic nitrogens is 1. The van der Waals surface area contributed by atoms with Gasteiger partial charge in [-0.25, -0.2) is 4.79 Å². The van der Waals surface area contributed by atoms with Crippen LogP contribution >= 0.6 is 0 Å². The van der Waals surface area contributed by atoms with Gasteiger partial charge in [0.1, 0.15) is 11.4 Å². The van der Waals surface area contributed by atoms with Crippen molar-refractivity contribution in [3.63, 3.8) is 0 Å². The highest BCUT2D eigenvalue weighted by Gasteiger charge is 2.19. The van der Waals surface area contributed by atoms with E-state index in [1.54, 1.807) is 0 Å². The number of H-pyrrole nitrogens is 1. The lowest BCUT2D eigenvalue weighted by Gasteiger charge is -2.11. The molecule has 0 atom stereocenters. The van der Waals surface area contributed by atoms with Crippen LogP contribution in [0, 0.1) is 0 Å². The van der Waals surface area contributed by atoms with Gasteiger partial charge in [-0.15, -0.1) is 0 Å². The lowest BCUT2D eigenvalue weighted by atomic mass is 9.94. The predicted octanol–water partition coefficient (Wildman–Crippen LogP) is 8.29. The van der Waals surface area contributed by atoms with Crippen LogP contribution in [0.5, 0.6) is 5.75 Å². The number of fused-ring (bicyclic) bond motifs is 2. The van der Waals surface area contributed by atoms with Crippen LogP contribution in [0.25, 0.3) is 32.8 Å². The van der Waals surface area contributed by atoms with Crippen molar-refractivity contribution in [2.24, 2.45) is 0 Å². The van der Waals surface area contributed by atoms with Crippen molar-refractivity contribution in [2.45, 2.75) is 19.3 Å². The second-order valence-electron chi connectivity index (χ2n) is 9.75. The summed E-state index contributed by atoms with van der Waals surface area (Å²) in [6, 6.07) is 39.1. The molecule has 1 aromatic heterocycles. The smallest absolute Gasteiger partial charge is 0.352 e. The monoisotopic (exact) mass is 511 g/mol. The Morgan fingerprint density at radius 1 is 0.718 bits per heavy atom. The first-order valence-electron chi connectivity index (χ1n) is 13.3. The molecular formula is C35H29NO3. The van der Waals surface area contributed by atoms with Crippen molar-refractivity contribution >= 4 is 27.6 Å². The summed E-state index contributed by atoms with van der Waals surface area (Å²) in [5.74, 6) is -0.0864. The van der Waals surface area contributed by atoms with Crippen LogP contribution in [0.3, 0.4) is 0 Å². The fourth-order valence-electron chi connectivity index (χ4n) is 5.46. The molecule has 6 aromatic rings. The number of hydrogen-bond acceptors (Lipinski definition) is 2. The number of rotatable bonds is 9. The van der Waals surface area contributed by atoms with Gasteiger partial charge in [0.05, 0.1) is 6.61 Å². The van der Waals surface area contributed by atoms with Crippen molar-refractivity contribution in [1.29, 1.82) is 0 Å². The van der Waals surface area contributed by atoms with Crippen molar-refractivity contribution in [3.05, 3.63) is 138 Å². The average molecular weight is 512 g/mol. The Morgan fingerprint density at radius 3 is 2.28 bits per heavy atom. The van der Waals surface area contributed by atoms with Crippen molar-refractivity contribution < 1.29 is 14.6 Å². The zero-order chi connectivity index (χ0) is 26.6. The number of aromatic amines is 1. The van der Waals surface area contributed by atoms with E-state index in [9.17, 15) is 9.90 Å². The molecule has 0 aliphatic carbocycles. The number of aromatic carboxylic acids is 1. The molecule has 0 amide bonds. The average Bonchev–Trinajstić information content (AvgIpc) is 3.36. The number of ether oxygens (including phenoxy) is 1. The largest absolute Gasteiger partial charge is 0.493 e. The molecule has 0 fully saturated rings. The third kappa shape index (κ3) is 5.01. The summed E-state index contributed by atoms with van der Waals surface area (Å²) in [4.78, 5) is 15.5. The molecule has 192 valence electrons. The zero-order valence-electron chi connectivity index (χ0n) is 21.6. The first-order chi connectivity index (χ1) is 19.2. The maximum Gasteiger partial charge on any atom is 0.352 e. The molecule has 1 heterocycles. The quantitative estimate of drug-likeness (QED) is 0.192. The van der Waals surface area contributed by atoms with Gasteiger partial charge in [-0.3, -0.25) is 0 Å². The van der Waals surface area contributed by atoms with Gasteiger partial charge in [0.25, 0.3) is 0 Å². The minimum absolute atomic E-state index is 0.263. The summed E-state index contributed by atoms with van der Waals surface area (Å²) in [7, 11) is 0. The second kappa shape index (κ2) is 10.9. The van der Waals surface area contributed by atoms with Crippen molar-refractivity contribution in [2.75, 3.05) is 6.61 Å². The maximum atomic E-state index is 12.2. The molecule has 0 radical (unpaired) electrons. The number of carboxylic acid groups (broad SMARTS) is 1. The van der Waals surface area contributed by atoms with Crippen LogP contribution in [-0.4, -0.2) is 22.7 Å². The highest BCUT2D eigenvalue weighted by atomic mass is 16.5. The minimum atomic E-state index is -0.938. The van der Waals surface area contributed by atoms with Crippen LogP contribution in [0.15, 0.2) is 115 Å². The molecule has 0 unspecified atom stereocenters. The number of nitrogens with one attached hydrogen (secondary N) is 1. The van der Waals surface area contributed by atoms with E-state index in [0.29, 0.717) is 25.9 Å². The van der Waals surface area contributed by atoms with E-state index in [-0.39, 0.29) is 5.69 Å². The molecule has 2 N–H and O–H groups in total. The second-order valence-corrected chi connectivity index (χ2v) is 9.75. The van der Waals surface area contributed by atoms with E-state index in [2.05, 4.69) is 65.6 Å². The molecule has 0 aliphatic heterocycles. The summed E-state index contributed by atoms with van der Waals surface area (Å²) < 4.78 is 6.13. The van der Waals surface area contributed by atoms with Crippen LogP contribution in [0.4, 0.5) is 0 Å². The standard InChI is InChI=1S/C35H29NO3/c37-35(38)34-31(20-10-22-39-32-21-9-15-25-13-4-7-18-29(25)32)30-19-8-16-27(33(30)36-34)23-26-14-5-6-17-28(26)24-11-2-1-3-12-24/h1-9,11-19,21,36H,10,20,22-23H2,(H,37,38). The third-order valence-electron chi connectivity index (χ3n) is 7.30. The fraction of sp³-hybridized carbons (Fsp3) is 0.114. The molecule has 5 aromatic carbocycles. The van der Waals surface area contributed by atoms with E-state index < -0.39 is 5.97 Å². The molecule has 0 aliphatic rings. The Balaban J connectivity index is 1.26. The Morgan fingerprint density at radius 2 is 1.41 bits per heavy atom. The number of para-hydroxylation sites is 1. The van der Waals surface area contributed by atoms with Gasteiger partial charge in [-0.1, -0.05) is 109 Å². The molecule has 6 rings (SSSR count). The summed E-state index contributed by atoms with van der Waals surface area (Å²) in [6.07, 6.45) is 2.01. The normalized spacial score (nSPS) is 11.2. The molecule has 0 spiro atoms. The topological polar surface area (TPSA) is 62.3 Å². The van der Waals surface area contributed by atoms with Gasteiger partial charge in [0.15, 0.2) is 0 Å². The third-order valence-corrected chi connectivity index (χ3v) is 7.30. The van der Waals surface area contributed by atoms with Crippen LogP contribution in [0.1, 0.15) is 33.6 Å². The van der Waals surface area contributed by atoms with Gasteiger partial charge < -0.3 is 14.8 Å². The lowest BCUT2D eigenvalue weighted by molar-refractivity contribution is 0.0690. The Bertz CT molecular complexity index is 1760. The fourth-order valence-corrected chi connectivity index (χ4v) is 5.46. The van der Waals surface area contributed by atoms with Gasteiger partial charge in [0.2, 0.25) is 0 Å². The summed E-state index contributed by atoms with van der Waals surface area (Å²) >= 11 is 0. The zero-order valence-corrected chi connectivity index (χ0v) is 21.6. The molecule has 39 heavy (non-hydrogen) atoms. The number of carbonyl (C=O) groups is 1. The highest BCUT2D eigenvalue weighted by Crippen LogP contribution is 2.31. The Labute approximate surface area is 227 Å². The highest BCUT2D eigenvalue weighted by molar-refractivity contribution is 5.98. The molecule has 4 nitrogen and oxygen atoms in total. The van der Waals surface area contributed by atoms with E-state index in [1.165, 1.54) is 16.7 Å². The Hall–Kier alpha value is -4.83. The summed E-state index contributed by atoms with van der Waals surface area (Å²) in [6.45, 7) is 0.504. The number of carboxylic acids is 1. The van der Waals surface area contributed by atoms with Crippen LogP contribution in [0.2, 0.25) is 0 Å². The van der Waals surface area contributed by atoms with E-state index in [4.69, 9.17) is 4.74 Å². The first-order valence-corrected chi connectivity index (χ1v) is 13.3. The summed E-state index contributed by atoms with van der Waals surface area (Å²) in [5.41, 5.74) is 6.62. The molecule has 0 saturated heterocycles. The van der Waals surface area contributed by atoms with Crippen LogP contribution in [-0.2, 0) is 12.8 Å². The van der Waals surface area contributed by atoms with E-state index in [1.807, 2.05) is 54.6 Å². The van der Waals surface area contributed by atoms with E-state index in [0.717, 1.165) is 38.6 Å². The SMILES string of the molecule is O=C(O)c1[nH]c2c(Cc3ccccc3-c3ccccc3)cccc2c1CCCOc1cccc2ccccc12. The summed E-state index contributed by atoms with van der Waals surface area (Å²) in [5, 5.41) is 13.2. The molecular weight excluding hydrogens is 482 g/mol.